The number of fused-ring (bicyclic) bond motifs is 1. The molecule has 0 bridgehead atoms. The molecule has 194 valence electrons. The van der Waals surface area contributed by atoms with Gasteiger partial charge in [0.15, 0.2) is 0 Å². The van der Waals surface area contributed by atoms with Gasteiger partial charge in [0.1, 0.15) is 23.5 Å². The van der Waals surface area contributed by atoms with Gasteiger partial charge >= 0.3 is 6.18 Å². The lowest BCUT2D eigenvalue weighted by molar-refractivity contribution is -0.141. The molecule has 4 heterocycles. The Morgan fingerprint density at radius 3 is 2.68 bits per heavy atom. The van der Waals surface area contributed by atoms with E-state index in [9.17, 15) is 13.2 Å². The van der Waals surface area contributed by atoms with Crippen LogP contribution in [-0.4, -0.2) is 49.2 Å². The molecule has 1 saturated heterocycles. The third kappa shape index (κ3) is 4.29. The van der Waals surface area contributed by atoms with Gasteiger partial charge in [-0.2, -0.15) is 18.3 Å². The van der Waals surface area contributed by atoms with E-state index in [-0.39, 0.29) is 11.5 Å². The van der Waals surface area contributed by atoms with E-state index in [0.29, 0.717) is 48.0 Å². The number of pyridine rings is 1. The third-order valence-corrected chi connectivity index (χ3v) is 7.68. The van der Waals surface area contributed by atoms with Crippen LogP contribution < -0.4 is 5.32 Å². The van der Waals surface area contributed by atoms with Crippen LogP contribution in [0.4, 0.5) is 13.2 Å². The number of rotatable bonds is 7. The van der Waals surface area contributed by atoms with Gasteiger partial charge in [0.05, 0.1) is 24.4 Å². The van der Waals surface area contributed by atoms with E-state index in [1.165, 1.54) is 0 Å². The van der Waals surface area contributed by atoms with Gasteiger partial charge in [-0.3, -0.25) is 5.10 Å². The van der Waals surface area contributed by atoms with Gasteiger partial charge in [0.25, 0.3) is 0 Å². The van der Waals surface area contributed by atoms with E-state index in [1.54, 1.807) is 6.33 Å². The first-order chi connectivity index (χ1) is 17.7. The van der Waals surface area contributed by atoms with E-state index < -0.39 is 11.9 Å². The lowest BCUT2D eigenvalue weighted by Gasteiger charge is -2.41. The third-order valence-electron chi connectivity index (χ3n) is 7.68. The Hall–Kier alpha value is -3.31. The Morgan fingerprint density at radius 1 is 1.24 bits per heavy atom. The number of aryl methyl sites for hydroxylation is 1. The summed E-state index contributed by atoms with van der Waals surface area (Å²) in [5, 5.41) is 19.5. The number of H-pyrrole nitrogens is 1. The first kappa shape index (κ1) is 24.1. The highest BCUT2D eigenvalue weighted by Gasteiger charge is 2.42. The summed E-state index contributed by atoms with van der Waals surface area (Å²) in [5.74, 6) is 0.845. The van der Waals surface area contributed by atoms with Crippen LogP contribution in [0.15, 0.2) is 36.7 Å². The van der Waals surface area contributed by atoms with Crippen molar-refractivity contribution >= 4 is 10.9 Å². The number of nitrogens with one attached hydrogen (secondary N) is 2. The first-order valence-corrected chi connectivity index (χ1v) is 12.5. The van der Waals surface area contributed by atoms with Crippen LogP contribution in [-0.2, 0) is 29.8 Å². The van der Waals surface area contributed by atoms with Gasteiger partial charge in [0.2, 0.25) is 0 Å². The van der Waals surface area contributed by atoms with Gasteiger partial charge in [-0.1, -0.05) is 24.6 Å². The molecular weight excluding hydrogens is 483 g/mol. The van der Waals surface area contributed by atoms with E-state index >= 15 is 0 Å². The predicted octanol–water partition coefficient (Wildman–Crippen LogP) is 4.49. The van der Waals surface area contributed by atoms with Crippen LogP contribution in [0.25, 0.3) is 22.2 Å². The van der Waals surface area contributed by atoms with Gasteiger partial charge in [-0.15, -0.1) is 10.2 Å². The fourth-order valence-corrected chi connectivity index (χ4v) is 5.21. The molecule has 1 aliphatic heterocycles. The number of aromatic amines is 1. The van der Waals surface area contributed by atoms with Gasteiger partial charge in [-0.25, -0.2) is 4.98 Å². The Bertz CT molecular complexity index is 1440. The van der Waals surface area contributed by atoms with Crippen molar-refractivity contribution in [1.29, 1.82) is 0 Å². The highest BCUT2D eigenvalue weighted by atomic mass is 19.4. The number of hydrogen-bond donors (Lipinski definition) is 2. The molecule has 4 aromatic rings. The highest BCUT2D eigenvalue weighted by molar-refractivity contribution is 5.94. The van der Waals surface area contributed by atoms with E-state index in [2.05, 4.69) is 30.7 Å². The van der Waals surface area contributed by atoms with Crippen molar-refractivity contribution in [3.8, 4) is 11.3 Å². The maximum absolute atomic E-state index is 13.9. The molecule has 6 rings (SSSR count). The smallest absolute Gasteiger partial charge is 0.379 e. The Balaban J connectivity index is 1.41. The number of halogens is 3. The molecule has 0 amide bonds. The second-order valence-corrected chi connectivity index (χ2v) is 10.3. The molecule has 11 heteroatoms. The summed E-state index contributed by atoms with van der Waals surface area (Å²) in [6, 6.07) is 8.86. The molecule has 1 saturated carbocycles. The second kappa shape index (κ2) is 8.91. The van der Waals surface area contributed by atoms with Crippen molar-refractivity contribution in [2.45, 2.75) is 56.3 Å². The average Bonchev–Trinajstić information content (AvgIpc) is 3.43. The fourth-order valence-electron chi connectivity index (χ4n) is 5.21. The Morgan fingerprint density at radius 2 is 2.05 bits per heavy atom. The predicted molar refractivity (Wildman–Crippen MR) is 131 cm³/mol. The van der Waals surface area contributed by atoms with Gasteiger partial charge < -0.3 is 14.6 Å². The SMILES string of the molecule is CC(NC1CCC1)c1nc(C(F)(F)F)cc2c(-c3cccc(C4(Cc5nncn5C)COC4)c3)n[nH]c12. The van der Waals surface area contributed by atoms with Crippen molar-refractivity contribution in [3.63, 3.8) is 0 Å². The van der Waals surface area contributed by atoms with E-state index in [1.807, 2.05) is 42.8 Å². The van der Waals surface area contributed by atoms with Crippen molar-refractivity contribution in [2.24, 2.45) is 7.05 Å². The molecular formula is C26H28F3N7O. The number of benzene rings is 1. The van der Waals surface area contributed by atoms with Crippen LogP contribution in [0.5, 0.6) is 0 Å². The summed E-state index contributed by atoms with van der Waals surface area (Å²) in [5.41, 5.74) is 1.89. The zero-order valence-electron chi connectivity index (χ0n) is 20.6. The standard InChI is InChI=1S/C26H28F3N7O/c1-15(31-18-7-4-8-18)22-24-19(10-20(32-22)26(27,28)29)23(34-35-24)16-5-3-6-17(9-16)25(12-37-13-25)11-21-33-30-14-36(21)2/h3,5-6,9-10,14-15,18,31H,4,7-8,11-13H2,1-2H3,(H,34,35). The summed E-state index contributed by atoms with van der Waals surface area (Å²) >= 11 is 0. The lowest BCUT2D eigenvalue weighted by Crippen LogP contribution is -2.49. The molecule has 1 unspecified atom stereocenters. The molecule has 0 spiro atoms. The van der Waals surface area contributed by atoms with Crippen molar-refractivity contribution < 1.29 is 17.9 Å². The van der Waals surface area contributed by atoms with Crippen molar-refractivity contribution in [1.82, 2.24) is 35.3 Å². The molecule has 1 atom stereocenters. The fraction of sp³-hybridized carbons (Fsp3) is 0.462. The van der Waals surface area contributed by atoms with Crippen LogP contribution in [0, 0.1) is 0 Å². The molecule has 3 aromatic heterocycles. The van der Waals surface area contributed by atoms with Crippen LogP contribution in [0.2, 0.25) is 0 Å². The van der Waals surface area contributed by atoms with E-state index in [0.717, 1.165) is 42.3 Å². The molecule has 0 radical (unpaired) electrons. The summed E-state index contributed by atoms with van der Waals surface area (Å²) in [6.07, 6.45) is 0.910. The maximum atomic E-state index is 13.9. The van der Waals surface area contributed by atoms with Crippen LogP contribution in [0.1, 0.15) is 55.0 Å². The van der Waals surface area contributed by atoms with Crippen molar-refractivity contribution in [2.75, 3.05) is 13.2 Å². The number of ether oxygens (including phenoxy) is 1. The van der Waals surface area contributed by atoms with E-state index in [4.69, 9.17) is 4.74 Å². The molecule has 2 N–H and O–H groups in total. The molecule has 37 heavy (non-hydrogen) atoms. The highest BCUT2D eigenvalue weighted by Crippen LogP contribution is 2.40. The zero-order chi connectivity index (χ0) is 25.8. The monoisotopic (exact) mass is 511 g/mol. The normalized spacial score (nSPS) is 18.5. The molecule has 8 nitrogen and oxygen atoms in total. The molecule has 2 aliphatic rings. The Labute approximate surface area is 211 Å². The van der Waals surface area contributed by atoms with Crippen molar-refractivity contribution in [3.05, 3.63) is 59.4 Å². The molecule has 1 aliphatic carbocycles. The van der Waals surface area contributed by atoms with Gasteiger partial charge in [-0.05, 0) is 37.5 Å². The van der Waals surface area contributed by atoms with Crippen LogP contribution in [0.3, 0.4) is 0 Å². The van der Waals surface area contributed by atoms with Crippen LogP contribution >= 0.6 is 0 Å². The average molecular weight is 512 g/mol. The summed E-state index contributed by atoms with van der Waals surface area (Å²) in [4.78, 5) is 4.03. The minimum atomic E-state index is -4.57. The minimum Gasteiger partial charge on any atom is -0.379 e. The topological polar surface area (TPSA) is 93.5 Å². The summed E-state index contributed by atoms with van der Waals surface area (Å²) in [6.45, 7) is 2.91. The quantitative estimate of drug-likeness (QED) is 0.380. The molecule has 2 fully saturated rings. The largest absolute Gasteiger partial charge is 0.433 e. The maximum Gasteiger partial charge on any atom is 0.433 e. The van der Waals surface area contributed by atoms with Gasteiger partial charge in [0, 0.05) is 41.9 Å². The summed E-state index contributed by atoms with van der Waals surface area (Å²) < 4.78 is 49.1. The first-order valence-electron chi connectivity index (χ1n) is 12.5. The Kier molecular flexibility index (Phi) is 5.79. The number of nitrogens with zero attached hydrogens (tertiary/aromatic N) is 5. The number of alkyl halides is 3. The minimum absolute atomic E-state index is 0.284. The lowest BCUT2D eigenvalue weighted by atomic mass is 9.75. The number of aromatic nitrogens is 6. The zero-order valence-corrected chi connectivity index (χ0v) is 20.6. The second-order valence-electron chi connectivity index (χ2n) is 10.3. The number of hydrogen-bond acceptors (Lipinski definition) is 6. The summed E-state index contributed by atoms with van der Waals surface area (Å²) in [7, 11) is 1.90. The molecule has 1 aromatic carbocycles.